The van der Waals surface area contributed by atoms with Gasteiger partial charge in [-0.05, 0) is 18.1 Å². The number of anilines is 1. The van der Waals surface area contributed by atoms with Crippen molar-refractivity contribution in [2.45, 2.75) is 11.8 Å². The first-order valence-corrected chi connectivity index (χ1v) is 6.62. The van der Waals surface area contributed by atoms with Crippen LogP contribution in [0.4, 0.5) is 10.1 Å². The number of halogens is 2. The first-order valence-electron chi connectivity index (χ1n) is 6.19. The molecule has 2 rings (SSSR count). The Hall–Kier alpha value is -2.08. The van der Waals surface area contributed by atoms with Gasteiger partial charge >= 0.3 is 0 Å². The molecule has 0 amide bonds. The minimum absolute atomic E-state index is 0.0815. The number of nitrogen functional groups attached to an aromatic ring is 1. The van der Waals surface area contributed by atoms with Crippen molar-refractivity contribution >= 4 is 17.3 Å². The molecule has 0 aliphatic rings. The van der Waals surface area contributed by atoms with Gasteiger partial charge in [-0.15, -0.1) is 11.6 Å². The predicted octanol–water partition coefficient (Wildman–Crippen LogP) is 2.74. The van der Waals surface area contributed by atoms with Gasteiger partial charge in [-0.3, -0.25) is 0 Å². The van der Waals surface area contributed by atoms with Gasteiger partial charge in [0.05, 0.1) is 31.4 Å². The molecule has 1 aromatic carbocycles. The fraction of sp³-hybridized carbons (Fsp3) is 0.286. The Kier molecular flexibility index (Phi) is 4.80. The number of ether oxygens (including phenoxy) is 2. The highest BCUT2D eigenvalue weighted by molar-refractivity contribution is 6.20. The number of aromatic nitrogens is 2. The number of benzene rings is 1. The number of rotatable bonds is 5. The van der Waals surface area contributed by atoms with Crippen LogP contribution in [-0.2, 0) is 6.42 Å². The zero-order valence-electron chi connectivity index (χ0n) is 11.6. The summed E-state index contributed by atoms with van der Waals surface area (Å²) in [6.07, 6.45) is 0.293. The van der Waals surface area contributed by atoms with Crippen molar-refractivity contribution in [2.24, 2.45) is 0 Å². The number of nitrogens with two attached hydrogens (primary N) is 1. The average molecular weight is 312 g/mol. The number of methoxy groups -OCH3 is 2. The molecule has 5 nitrogen and oxygen atoms in total. The fourth-order valence-electron chi connectivity index (χ4n) is 1.81. The Morgan fingerprint density at radius 1 is 1.24 bits per heavy atom. The maximum absolute atomic E-state index is 13.4. The summed E-state index contributed by atoms with van der Waals surface area (Å²) in [7, 11) is 2.97. The third kappa shape index (κ3) is 3.52. The fourth-order valence-corrected chi connectivity index (χ4v) is 2.08. The SMILES string of the molecule is COc1cc(OC)nc(C(Cl)Cc2cccc(F)c2N)n1. The monoisotopic (exact) mass is 311 g/mol. The Morgan fingerprint density at radius 2 is 1.86 bits per heavy atom. The Balaban J connectivity index is 2.27. The number of hydrogen-bond acceptors (Lipinski definition) is 5. The molecule has 0 radical (unpaired) electrons. The second kappa shape index (κ2) is 6.58. The molecular weight excluding hydrogens is 297 g/mol. The van der Waals surface area contributed by atoms with Gasteiger partial charge in [-0.1, -0.05) is 12.1 Å². The topological polar surface area (TPSA) is 70.3 Å². The smallest absolute Gasteiger partial charge is 0.220 e. The van der Waals surface area contributed by atoms with E-state index >= 15 is 0 Å². The van der Waals surface area contributed by atoms with E-state index in [0.29, 0.717) is 29.6 Å². The van der Waals surface area contributed by atoms with Crippen molar-refractivity contribution in [1.82, 2.24) is 9.97 Å². The van der Waals surface area contributed by atoms with Crippen LogP contribution in [-0.4, -0.2) is 24.2 Å². The normalized spacial score (nSPS) is 12.0. The highest BCUT2D eigenvalue weighted by Gasteiger charge is 2.17. The minimum Gasteiger partial charge on any atom is -0.481 e. The number of alkyl halides is 1. The maximum Gasteiger partial charge on any atom is 0.220 e. The molecule has 0 aliphatic heterocycles. The van der Waals surface area contributed by atoms with Crippen molar-refractivity contribution in [2.75, 3.05) is 20.0 Å². The lowest BCUT2D eigenvalue weighted by atomic mass is 10.1. The lowest BCUT2D eigenvalue weighted by Gasteiger charge is -2.12. The molecule has 7 heteroatoms. The molecule has 0 spiro atoms. The first-order chi connectivity index (χ1) is 10.0. The zero-order chi connectivity index (χ0) is 15.4. The Morgan fingerprint density at radius 3 is 2.43 bits per heavy atom. The molecule has 0 saturated heterocycles. The highest BCUT2D eigenvalue weighted by atomic mass is 35.5. The van der Waals surface area contributed by atoms with E-state index < -0.39 is 11.2 Å². The van der Waals surface area contributed by atoms with Gasteiger partial charge in [0.15, 0.2) is 5.82 Å². The molecular formula is C14H15ClFN3O2. The number of nitrogens with zero attached hydrogens (tertiary/aromatic N) is 2. The first kappa shape index (κ1) is 15.3. The molecule has 0 bridgehead atoms. The standard InChI is InChI=1S/C14H15ClFN3O2/c1-20-11-7-12(21-2)19-14(18-11)9(15)6-8-4-3-5-10(16)13(8)17/h3-5,7,9H,6,17H2,1-2H3. The second-order valence-corrected chi connectivity index (χ2v) is 4.82. The summed E-state index contributed by atoms with van der Waals surface area (Å²) in [5, 5.41) is -0.585. The van der Waals surface area contributed by atoms with Crippen molar-refractivity contribution < 1.29 is 13.9 Å². The molecule has 1 atom stereocenters. The largest absolute Gasteiger partial charge is 0.481 e. The van der Waals surface area contributed by atoms with Crippen molar-refractivity contribution in [1.29, 1.82) is 0 Å². The van der Waals surface area contributed by atoms with Gasteiger partial charge in [0.2, 0.25) is 11.8 Å². The van der Waals surface area contributed by atoms with Gasteiger partial charge in [-0.25, -0.2) is 4.39 Å². The summed E-state index contributed by atoms with van der Waals surface area (Å²) in [4.78, 5) is 8.34. The van der Waals surface area contributed by atoms with E-state index in [1.807, 2.05) is 0 Å². The van der Waals surface area contributed by atoms with Crippen LogP contribution in [0.15, 0.2) is 24.3 Å². The summed E-state index contributed by atoms with van der Waals surface area (Å²) in [5.74, 6) is 0.543. The van der Waals surface area contributed by atoms with E-state index in [9.17, 15) is 4.39 Å². The summed E-state index contributed by atoms with van der Waals surface area (Å²) >= 11 is 6.31. The molecule has 112 valence electrons. The predicted molar refractivity (Wildman–Crippen MR) is 78.2 cm³/mol. The van der Waals surface area contributed by atoms with Crippen LogP contribution in [0.25, 0.3) is 0 Å². The molecule has 21 heavy (non-hydrogen) atoms. The van der Waals surface area contributed by atoms with Crippen molar-refractivity contribution in [3.63, 3.8) is 0 Å². The molecule has 0 saturated carbocycles. The molecule has 0 aliphatic carbocycles. The molecule has 1 aromatic heterocycles. The van der Waals surface area contributed by atoms with Gasteiger partial charge in [0.25, 0.3) is 0 Å². The minimum atomic E-state index is -0.585. The quantitative estimate of drug-likeness (QED) is 0.679. The van der Waals surface area contributed by atoms with Gasteiger partial charge < -0.3 is 15.2 Å². The summed E-state index contributed by atoms with van der Waals surface area (Å²) < 4.78 is 23.6. The van der Waals surface area contributed by atoms with Crippen molar-refractivity contribution in [3.8, 4) is 11.8 Å². The zero-order valence-corrected chi connectivity index (χ0v) is 12.4. The summed E-state index contributed by atoms with van der Waals surface area (Å²) in [6.45, 7) is 0. The Bertz CT molecular complexity index is 617. The van der Waals surface area contributed by atoms with E-state index in [1.165, 1.54) is 20.3 Å². The molecule has 2 N–H and O–H groups in total. The van der Waals surface area contributed by atoms with E-state index in [2.05, 4.69) is 9.97 Å². The Labute approximate surface area is 126 Å². The maximum atomic E-state index is 13.4. The van der Waals surface area contributed by atoms with Crippen LogP contribution in [0.3, 0.4) is 0 Å². The van der Waals surface area contributed by atoms with Crippen LogP contribution in [0.2, 0.25) is 0 Å². The highest BCUT2D eigenvalue weighted by Crippen LogP contribution is 2.28. The number of hydrogen-bond donors (Lipinski definition) is 1. The lowest BCUT2D eigenvalue weighted by Crippen LogP contribution is -2.07. The van der Waals surface area contributed by atoms with Crippen LogP contribution >= 0.6 is 11.6 Å². The van der Waals surface area contributed by atoms with Crippen LogP contribution in [0, 0.1) is 5.82 Å². The summed E-state index contributed by atoms with van der Waals surface area (Å²) in [6, 6.07) is 6.14. The number of para-hydroxylation sites is 1. The summed E-state index contributed by atoms with van der Waals surface area (Å²) in [5.41, 5.74) is 6.38. The van der Waals surface area contributed by atoms with E-state index in [1.54, 1.807) is 18.2 Å². The average Bonchev–Trinajstić information content (AvgIpc) is 2.51. The molecule has 1 unspecified atom stereocenters. The van der Waals surface area contributed by atoms with Gasteiger partial charge in [-0.2, -0.15) is 9.97 Å². The van der Waals surface area contributed by atoms with Crippen molar-refractivity contribution in [3.05, 3.63) is 41.5 Å². The lowest BCUT2D eigenvalue weighted by molar-refractivity contribution is 0.367. The van der Waals surface area contributed by atoms with E-state index in [-0.39, 0.29) is 5.69 Å². The third-order valence-electron chi connectivity index (χ3n) is 2.94. The molecule has 2 aromatic rings. The second-order valence-electron chi connectivity index (χ2n) is 4.30. The van der Waals surface area contributed by atoms with Gasteiger partial charge in [0.1, 0.15) is 5.82 Å². The molecule has 1 heterocycles. The van der Waals surface area contributed by atoms with Crippen LogP contribution in [0.1, 0.15) is 16.8 Å². The third-order valence-corrected chi connectivity index (χ3v) is 3.29. The van der Waals surface area contributed by atoms with E-state index in [0.717, 1.165) is 0 Å². The van der Waals surface area contributed by atoms with Crippen LogP contribution in [0.5, 0.6) is 11.8 Å². The molecule has 0 fully saturated rings. The van der Waals surface area contributed by atoms with E-state index in [4.69, 9.17) is 26.8 Å². The van der Waals surface area contributed by atoms with Gasteiger partial charge in [0, 0.05) is 0 Å². The van der Waals surface area contributed by atoms with Crippen LogP contribution < -0.4 is 15.2 Å².